The number of methoxy groups -OCH3 is 1. The molecule has 2 rings (SSSR count). The lowest BCUT2D eigenvalue weighted by molar-refractivity contribution is 0.0543. The Bertz CT molecular complexity index is 745. The quantitative estimate of drug-likeness (QED) is 0.803. The van der Waals surface area contributed by atoms with Crippen LogP contribution in [0, 0.1) is 18.3 Å². The molecule has 1 aromatic heterocycles. The number of benzene rings is 1. The van der Waals surface area contributed by atoms with Gasteiger partial charge in [-0.15, -0.1) is 0 Å². The Labute approximate surface area is 123 Å². The summed E-state index contributed by atoms with van der Waals surface area (Å²) < 4.78 is 11.9. The number of aromatic nitrogens is 1. The van der Waals surface area contributed by atoms with Gasteiger partial charge in [-0.2, -0.15) is 5.26 Å². The van der Waals surface area contributed by atoms with Crippen LogP contribution in [0.5, 0.6) is 5.75 Å². The molecule has 0 atom stereocenters. The van der Waals surface area contributed by atoms with Crippen molar-refractivity contribution in [3.8, 4) is 11.8 Å². The minimum atomic E-state index is -0.630. The van der Waals surface area contributed by atoms with Crippen LogP contribution in [0.15, 0.2) is 18.2 Å². The summed E-state index contributed by atoms with van der Waals surface area (Å²) in [6.07, 6.45) is -0.569. The first kappa shape index (κ1) is 14.9. The van der Waals surface area contributed by atoms with E-state index in [4.69, 9.17) is 9.47 Å². The van der Waals surface area contributed by atoms with Crippen LogP contribution in [-0.2, 0) is 4.74 Å². The van der Waals surface area contributed by atoms with Gasteiger partial charge in [0.15, 0.2) is 0 Å². The van der Waals surface area contributed by atoms with E-state index in [1.54, 1.807) is 40.0 Å². The third kappa shape index (κ3) is 2.84. The van der Waals surface area contributed by atoms with Crippen LogP contribution in [0.1, 0.15) is 32.0 Å². The van der Waals surface area contributed by atoms with Crippen LogP contribution >= 0.6 is 0 Å². The van der Waals surface area contributed by atoms with E-state index in [0.29, 0.717) is 11.3 Å². The van der Waals surface area contributed by atoms with Gasteiger partial charge in [0.2, 0.25) is 0 Å². The second kappa shape index (κ2) is 5.13. The first-order chi connectivity index (χ1) is 9.76. The predicted octanol–water partition coefficient (Wildman–Crippen LogP) is 3.61. The van der Waals surface area contributed by atoms with Gasteiger partial charge in [-0.05, 0) is 45.4 Å². The zero-order valence-corrected chi connectivity index (χ0v) is 12.9. The maximum absolute atomic E-state index is 12.3. The minimum Gasteiger partial charge on any atom is -0.496 e. The van der Waals surface area contributed by atoms with Gasteiger partial charge in [-0.25, -0.2) is 9.36 Å². The van der Waals surface area contributed by atoms with E-state index in [-0.39, 0.29) is 5.69 Å². The average molecular weight is 286 g/mol. The van der Waals surface area contributed by atoms with Crippen molar-refractivity contribution in [1.29, 1.82) is 5.26 Å². The Balaban J connectivity index is 2.66. The van der Waals surface area contributed by atoms with E-state index < -0.39 is 11.7 Å². The third-order valence-electron chi connectivity index (χ3n) is 3.01. The number of carbonyl (C=O) groups excluding carboxylic acids is 1. The molecule has 0 saturated heterocycles. The van der Waals surface area contributed by atoms with Crippen molar-refractivity contribution < 1.29 is 14.3 Å². The second-order valence-electron chi connectivity index (χ2n) is 5.84. The number of hydrogen-bond acceptors (Lipinski definition) is 4. The first-order valence-corrected chi connectivity index (χ1v) is 6.60. The highest BCUT2D eigenvalue weighted by Gasteiger charge is 2.22. The van der Waals surface area contributed by atoms with Crippen molar-refractivity contribution in [2.45, 2.75) is 33.3 Å². The molecule has 21 heavy (non-hydrogen) atoms. The Morgan fingerprint density at radius 2 is 1.95 bits per heavy atom. The Hall–Kier alpha value is -2.48. The fourth-order valence-electron chi connectivity index (χ4n) is 2.16. The van der Waals surface area contributed by atoms with Crippen LogP contribution < -0.4 is 4.74 Å². The van der Waals surface area contributed by atoms with Crippen LogP contribution in [0.4, 0.5) is 4.79 Å². The van der Waals surface area contributed by atoms with Crippen molar-refractivity contribution in [1.82, 2.24) is 4.57 Å². The maximum atomic E-state index is 12.3. The minimum absolute atomic E-state index is 0.243. The summed E-state index contributed by atoms with van der Waals surface area (Å²) in [5, 5.41) is 10.1. The number of fused-ring (bicyclic) bond motifs is 1. The topological polar surface area (TPSA) is 64.2 Å². The lowest BCUT2D eigenvalue weighted by atomic mass is 10.1. The predicted molar refractivity (Wildman–Crippen MR) is 79.6 cm³/mol. The average Bonchev–Trinajstić information content (AvgIpc) is 2.72. The van der Waals surface area contributed by atoms with Gasteiger partial charge >= 0.3 is 6.09 Å². The van der Waals surface area contributed by atoms with Crippen LogP contribution in [-0.4, -0.2) is 23.4 Å². The summed E-state index contributed by atoms with van der Waals surface area (Å²) >= 11 is 0. The third-order valence-corrected chi connectivity index (χ3v) is 3.01. The van der Waals surface area contributed by atoms with E-state index in [1.807, 2.05) is 19.1 Å². The summed E-state index contributed by atoms with van der Waals surface area (Å²) in [6.45, 7) is 7.27. The van der Waals surface area contributed by atoms with Crippen LogP contribution in [0.3, 0.4) is 0 Å². The molecule has 0 radical (unpaired) electrons. The highest BCUT2D eigenvalue weighted by Crippen LogP contribution is 2.28. The monoisotopic (exact) mass is 286 g/mol. The SMILES string of the molecule is COc1cc2c(cc1C)cc(C#N)n2C(=O)OC(C)(C)C. The highest BCUT2D eigenvalue weighted by molar-refractivity contribution is 5.93. The molecule has 0 amide bonds. The largest absolute Gasteiger partial charge is 0.496 e. The molecular weight excluding hydrogens is 268 g/mol. The van der Waals surface area contributed by atoms with Crippen molar-refractivity contribution in [3.63, 3.8) is 0 Å². The molecule has 0 N–H and O–H groups in total. The molecule has 0 unspecified atom stereocenters. The first-order valence-electron chi connectivity index (χ1n) is 6.60. The number of nitriles is 1. The Morgan fingerprint density at radius 3 is 2.48 bits per heavy atom. The number of carbonyl (C=O) groups is 1. The van der Waals surface area contributed by atoms with Crippen LogP contribution in [0.25, 0.3) is 10.9 Å². The molecule has 5 heteroatoms. The van der Waals surface area contributed by atoms with Gasteiger partial charge in [0, 0.05) is 11.5 Å². The summed E-state index contributed by atoms with van der Waals surface area (Å²) in [4.78, 5) is 12.3. The fourth-order valence-corrected chi connectivity index (χ4v) is 2.16. The van der Waals surface area contributed by atoms with Gasteiger partial charge in [-0.3, -0.25) is 0 Å². The maximum Gasteiger partial charge on any atom is 0.420 e. The summed E-state index contributed by atoms with van der Waals surface area (Å²) in [6, 6.07) is 7.33. The molecule has 2 aromatic rings. The van der Waals surface area contributed by atoms with Gasteiger partial charge in [0.1, 0.15) is 23.1 Å². The zero-order chi connectivity index (χ0) is 15.8. The Kier molecular flexibility index (Phi) is 3.65. The molecule has 0 bridgehead atoms. The van der Waals surface area contributed by atoms with Crippen LogP contribution in [0.2, 0.25) is 0 Å². The van der Waals surface area contributed by atoms with Gasteiger partial charge in [0.05, 0.1) is 12.6 Å². The lowest BCUT2D eigenvalue weighted by Crippen LogP contribution is -2.27. The molecule has 5 nitrogen and oxygen atoms in total. The summed E-state index contributed by atoms with van der Waals surface area (Å²) in [5.41, 5.74) is 1.15. The number of aryl methyl sites for hydroxylation is 1. The summed E-state index contributed by atoms with van der Waals surface area (Å²) in [5.74, 6) is 0.662. The lowest BCUT2D eigenvalue weighted by Gasteiger charge is -2.20. The molecule has 0 fully saturated rings. The molecule has 1 aromatic carbocycles. The van der Waals surface area contributed by atoms with Crippen molar-refractivity contribution >= 4 is 17.0 Å². The zero-order valence-electron chi connectivity index (χ0n) is 12.9. The smallest absolute Gasteiger partial charge is 0.420 e. The molecular formula is C16H18N2O3. The number of nitrogens with zero attached hydrogens (tertiary/aromatic N) is 2. The van der Waals surface area contributed by atoms with Gasteiger partial charge < -0.3 is 9.47 Å². The molecule has 110 valence electrons. The van der Waals surface area contributed by atoms with Crippen molar-refractivity contribution in [2.75, 3.05) is 7.11 Å². The van der Waals surface area contributed by atoms with E-state index in [1.165, 1.54) is 4.57 Å². The molecule has 0 aliphatic heterocycles. The molecule has 1 heterocycles. The molecule has 0 aliphatic carbocycles. The van der Waals surface area contributed by atoms with E-state index in [9.17, 15) is 10.1 Å². The summed E-state index contributed by atoms with van der Waals surface area (Å²) in [7, 11) is 1.57. The fraction of sp³-hybridized carbons (Fsp3) is 0.375. The van der Waals surface area contributed by atoms with E-state index in [0.717, 1.165) is 10.9 Å². The number of ether oxygens (including phenoxy) is 2. The van der Waals surface area contributed by atoms with Gasteiger partial charge in [0.25, 0.3) is 0 Å². The Morgan fingerprint density at radius 1 is 1.29 bits per heavy atom. The molecule has 0 saturated carbocycles. The van der Waals surface area contributed by atoms with Gasteiger partial charge in [-0.1, -0.05) is 0 Å². The number of rotatable bonds is 1. The highest BCUT2D eigenvalue weighted by atomic mass is 16.6. The van der Waals surface area contributed by atoms with Crippen molar-refractivity contribution in [3.05, 3.63) is 29.5 Å². The number of hydrogen-bond donors (Lipinski definition) is 0. The standard InChI is InChI=1S/C16H18N2O3/c1-10-6-11-7-12(9-17)18(13(11)8-14(10)20-5)15(19)21-16(2,3)4/h6-8H,1-5H3. The second-order valence-corrected chi connectivity index (χ2v) is 5.84. The van der Waals surface area contributed by atoms with Crippen molar-refractivity contribution in [2.24, 2.45) is 0 Å². The molecule has 0 aliphatic rings. The van der Waals surface area contributed by atoms with E-state index >= 15 is 0 Å². The molecule has 0 spiro atoms. The van der Waals surface area contributed by atoms with E-state index in [2.05, 4.69) is 0 Å². The normalized spacial score (nSPS) is 11.2.